The number of rotatable bonds is 7. The molecule has 15 heteroatoms. The van der Waals surface area contributed by atoms with Gasteiger partial charge in [-0.05, 0) is 6.07 Å². The Morgan fingerprint density at radius 2 is 2.07 bits per heavy atom. The fourth-order valence-electron chi connectivity index (χ4n) is 2.08. The minimum atomic E-state index is -1.47. The van der Waals surface area contributed by atoms with E-state index in [9.17, 15) is 23.2 Å². The summed E-state index contributed by atoms with van der Waals surface area (Å²) in [5, 5.41) is 17.6. The smallest absolute Gasteiger partial charge is 0.480 e. The van der Waals surface area contributed by atoms with Gasteiger partial charge in [0.05, 0.1) is 32.9 Å². The Morgan fingerprint density at radius 3 is 2.63 bits per heavy atom. The summed E-state index contributed by atoms with van der Waals surface area (Å²) < 4.78 is 38.9. The molecule has 3 N–H and O–H groups in total. The first-order chi connectivity index (χ1) is 14.1. The van der Waals surface area contributed by atoms with E-state index >= 15 is 0 Å². The van der Waals surface area contributed by atoms with E-state index in [-0.39, 0.29) is 15.9 Å². The fourth-order valence-corrected chi connectivity index (χ4v) is 3.30. The van der Waals surface area contributed by atoms with Gasteiger partial charge in [0.2, 0.25) is 11.9 Å². The van der Waals surface area contributed by atoms with Gasteiger partial charge in [-0.2, -0.15) is 5.26 Å². The van der Waals surface area contributed by atoms with Crippen LogP contribution in [0.1, 0.15) is 5.56 Å². The first-order valence-electron chi connectivity index (χ1n) is 7.73. The fraction of sp³-hybridized carbons (Fsp3) is 0.267. The third-order valence-electron chi connectivity index (χ3n) is 3.54. The lowest BCUT2D eigenvalue weighted by atomic mass is 10.2. The van der Waals surface area contributed by atoms with Crippen LogP contribution in [0, 0.1) is 23.0 Å². The first-order valence-corrected chi connectivity index (χ1v) is 10.2. The van der Waals surface area contributed by atoms with Crippen LogP contribution in [0.4, 0.5) is 19.5 Å². The van der Waals surface area contributed by atoms with E-state index < -0.39 is 60.1 Å². The third kappa shape index (κ3) is 5.04. The van der Waals surface area contributed by atoms with E-state index in [2.05, 4.69) is 9.72 Å². The average molecular weight is 649 g/mol. The number of alkyl halides is 1. The Balaban J connectivity index is 2.32. The number of nitriles is 1. The lowest BCUT2D eigenvalue weighted by Gasteiger charge is -2.20. The number of benzene rings is 1. The number of imidazole rings is 1. The summed E-state index contributed by atoms with van der Waals surface area (Å²) >= 11 is 3.28. The van der Waals surface area contributed by atoms with Crippen LogP contribution in [0.5, 0.6) is 0 Å². The number of carboxylic acid groups (broad SMARTS) is 1. The Kier molecular flexibility index (Phi) is 8.08. The molecule has 2 aromatic rings. The number of hydrogen-bond acceptors (Lipinski definition) is 8. The van der Waals surface area contributed by atoms with Crippen molar-refractivity contribution < 1.29 is 37.7 Å². The Hall–Kier alpha value is -2.33. The van der Waals surface area contributed by atoms with Crippen LogP contribution in [0.2, 0.25) is 0 Å². The summed E-state index contributed by atoms with van der Waals surface area (Å²) in [6.45, 7) is -1.42. The van der Waals surface area contributed by atoms with Gasteiger partial charge >= 0.3 is 12.1 Å². The molecule has 30 heavy (non-hydrogen) atoms. The number of ether oxygens (including phenoxy) is 2. The Bertz CT molecular complexity index is 1060. The van der Waals surface area contributed by atoms with Crippen molar-refractivity contribution in [2.24, 2.45) is 5.73 Å². The van der Waals surface area contributed by atoms with Crippen molar-refractivity contribution in [3.05, 3.63) is 23.3 Å². The summed E-state index contributed by atoms with van der Waals surface area (Å²) in [6, 6.07) is 0.727. The second-order valence-electron chi connectivity index (χ2n) is 5.46. The van der Waals surface area contributed by atoms with Crippen molar-refractivity contribution in [1.29, 1.82) is 5.26 Å². The van der Waals surface area contributed by atoms with Crippen molar-refractivity contribution in [2.45, 2.75) is 6.04 Å². The molecule has 1 aromatic heterocycles. The number of anilines is 1. The van der Waals surface area contributed by atoms with Gasteiger partial charge in [-0.15, -0.1) is 0 Å². The number of hydrogen-bond donors (Lipinski definition) is 2. The maximum absolute atomic E-state index is 14.5. The van der Waals surface area contributed by atoms with E-state index in [1.165, 1.54) is 6.07 Å². The zero-order valence-corrected chi connectivity index (χ0v) is 19.0. The molecule has 0 saturated heterocycles. The van der Waals surface area contributed by atoms with Crippen molar-refractivity contribution in [3.8, 4) is 6.07 Å². The lowest BCUT2D eigenvalue weighted by Crippen LogP contribution is -2.38. The molecule has 1 amide bonds. The SMILES string of the molecule is N#Cc1cc(F)c2nc(N(COC(=O)OC[C@H](N)C(=O)O)C(=O)CI)n(I)c2c1F. The zero-order valence-electron chi connectivity index (χ0n) is 14.6. The van der Waals surface area contributed by atoms with Gasteiger partial charge in [0, 0.05) is 0 Å². The highest BCUT2D eigenvalue weighted by Crippen LogP contribution is 2.31. The highest BCUT2D eigenvalue weighted by Gasteiger charge is 2.27. The second-order valence-corrected chi connectivity index (χ2v) is 7.18. The lowest BCUT2D eigenvalue weighted by molar-refractivity contribution is -0.139. The number of carbonyl (C=O) groups excluding carboxylic acids is 2. The van der Waals surface area contributed by atoms with Gasteiger partial charge in [-0.25, -0.2) is 26.2 Å². The Morgan fingerprint density at radius 1 is 1.40 bits per heavy atom. The van der Waals surface area contributed by atoms with E-state index in [1.807, 2.05) is 0 Å². The summed E-state index contributed by atoms with van der Waals surface area (Å²) in [7, 11) is 0. The number of nitrogens with two attached hydrogens (primary N) is 1. The molecule has 160 valence electrons. The van der Waals surface area contributed by atoms with Crippen molar-refractivity contribution >= 4 is 80.5 Å². The highest BCUT2D eigenvalue weighted by atomic mass is 127. The van der Waals surface area contributed by atoms with Gasteiger partial charge in [-0.3, -0.25) is 9.59 Å². The predicted molar refractivity (Wildman–Crippen MR) is 113 cm³/mol. The topological polar surface area (TPSA) is 161 Å². The molecule has 0 radical (unpaired) electrons. The monoisotopic (exact) mass is 649 g/mol. The molecule has 1 atom stereocenters. The molecule has 0 saturated carbocycles. The minimum absolute atomic E-state index is 0.103. The maximum atomic E-state index is 14.5. The number of aromatic nitrogens is 2. The molecule has 0 aliphatic carbocycles. The van der Waals surface area contributed by atoms with Crippen molar-refractivity contribution in [3.63, 3.8) is 0 Å². The predicted octanol–water partition coefficient (Wildman–Crippen LogP) is 1.67. The summed E-state index contributed by atoms with van der Waals surface area (Å²) in [4.78, 5) is 39.3. The molecule has 1 aromatic carbocycles. The van der Waals surface area contributed by atoms with Crippen molar-refractivity contribution in [2.75, 3.05) is 22.7 Å². The van der Waals surface area contributed by atoms with Gasteiger partial charge in [0.25, 0.3) is 0 Å². The van der Waals surface area contributed by atoms with Gasteiger partial charge in [0.15, 0.2) is 18.4 Å². The normalized spacial score (nSPS) is 11.6. The minimum Gasteiger partial charge on any atom is -0.480 e. The largest absolute Gasteiger partial charge is 0.510 e. The van der Waals surface area contributed by atoms with E-state index in [1.54, 1.807) is 45.5 Å². The first kappa shape index (κ1) is 23.9. The van der Waals surface area contributed by atoms with Crippen molar-refractivity contribution in [1.82, 2.24) is 7.76 Å². The molecular weight excluding hydrogens is 638 g/mol. The zero-order chi connectivity index (χ0) is 22.6. The standard InChI is InChI=1S/C15H11F2I2N5O6/c16-7-1-6(3-20)10(17)12-11(7)22-14(24(12)19)23(9(25)2-18)5-30-15(28)29-4-8(21)13(26)27/h1,8H,2,4-5,21H2,(H,26,27)/t8-/m0/s1. The number of aliphatic carboxylic acids is 1. The number of fused-ring (bicyclic) bond motifs is 1. The summed E-state index contributed by atoms with van der Waals surface area (Å²) in [5.74, 6) is -4.31. The summed E-state index contributed by atoms with van der Waals surface area (Å²) in [6.07, 6.45) is -1.32. The van der Waals surface area contributed by atoms with Gasteiger partial charge in [-0.1, -0.05) is 22.6 Å². The number of carbonyl (C=O) groups is 3. The van der Waals surface area contributed by atoms with E-state index in [4.69, 9.17) is 20.8 Å². The van der Waals surface area contributed by atoms with Crippen LogP contribution < -0.4 is 10.6 Å². The maximum Gasteiger partial charge on any atom is 0.510 e. The third-order valence-corrected chi connectivity index (χ3v) is 5.10. The van der Waals surface area contributed by atoms with Crippen LogP contribution in [-0.4, -0.2) is 54.7 Å². The molecule has 0 aliphatic heterocycles. The molecule has 1 heterocycles. The molecule has 11 nitrogen and oxygen atoms in total. The number of nitrogens with zero attached hydrogens (tertiary/aromatic N) is 4. The van der Waals surface area contributed by atoms with Crippen LogP contribution in [0.3, 0.4) is 0 Å². The number of halogens is 4. The number of carboxylic acids is 1. The molecule has 0 bridgehead atoms. The molecule has 0 spiro atoms. The highest BCUT2D eigenvalue weighted by molar-refractivity contribution is 14.1. The average Bonchev–Trinajstić information content (AvgIpc) is 3.06. The Labute approximate surface area is 194 Å². The van der Waals surface area contributed by atoms with Crippen LogP contribution >= 0.6 is 45.5 Å². The molecular formula is C15H11F2I2N5O6. The summed E-state index contributed by atoms with van der Waals surface area (Å²) in [5.41, 5.74) is 3.84. The molecule has 2 rings (SSSR count). The van der Waals surface area contributed by atoms with E-state index in [0.29, 0.717) is 6.07 Å². The van der Waals surface area contributed by atoms with Crippen LogP contribution in [0.25, 0.3) is 11.0 Å². The van der Waals surface area contributed by atoms with E-state index in [0.717, 1.165) is 7.68 Å². The molecule has 0 unspecified atom stereocenters. The molecule has 0 fully saturated rings. The van der Waals surface area contributed by atoms with Gasteiger partial charge < -0.3 is 20.3 Å². The number of amides is 1. The van der Waals surface area contributed by atoms with Crippen LogP contribution in [-0.2, 0) is 19.1 Å². The molecule has 0 aliphatic rings. The van der Waals surface area contributed by atoms with Gasteiger partial charge in [0.1, 0.15) is 29.8 Å². The van der Waals surface area contributed by atoms with Crippen LogP contribution in [0.15, 0.2) is 6.07 Å². The quantitative estimate of drug-likeness (QED) is 0.197. The second kappa shape index (κ2) is 10.1.